The number of rotatable bonds is 4. The van der Waals surface area contributed by atoms with Crippen LogP contribution < -0.4 is 21.1 Å². The van der Waals surface area contributed by atoms with Gasteiger partial charge in [-0.05, 0) is 134 Å². The van der Waals surface area contributed by atoms with E-state index in [1.165, 1.54) is 102 Å². The number of fused-ring (bicyclic) bond motifs is 6. The van der Waals surface area contributed by atoms with Crippen LogP contribution in [0.15, 0.2) is 133 Å². The van der Waals surface area contributed by atoms with Crippen molar-refractivity contribution in [2.75, 3.05) is 10.2 Å². The molecule has 3 aliphatic rings. The minimum atomic E-state index is -0.150. The highest BCUT2D eigenvalue weighted by Gasteiger charge is 2.42. The lowest BCUT2D eigenvalue weighted by Crippen LogP contribution is -2.45. The summed E-state index contributed by atoms with van der Waals surface area (Å²) in [6.45, 7) is 16.8. The van der Waals surface area contributed by atoms with Gasteiger partial charge in [0.05, 0.1) is 5.69 Å². The summed E-state index contributed by atoms with van der Waals surface area (Å²) in [6, 6.07) is 50.0. The molecule has 7 aromatic carbocycles. The van der Waals surface area contributed by atoms with E-state index < -0.39 is 0 Å². The van der Waals surface area contributed by atoms with E-state index in [2.05, 4.69) is 199 Å². The third kappa shape index (κ3) is 5.30. The summed E-state index contributed by atoms with van der Waals surface area (Å²) in [7, 11) is 2.47. The van der Waals surface area contributed by atoms with Crippen molar-refractivity contribution in [3.05, 3.63) is 161 Å². The van der Waals surface area contributed by atoms with Crippen LogP contribution in [-0.2, 0) is 16.2 Å². The molecular weight excluding hydrogens is 663 g/mol. The van der Waals surface area contributed by atoms with Gasteiger partial charge in [0.2, 0.25) is 0 Å². The van der Waals surface area contributed by atoms with Crippen molar-refractivity contribution in [2.24, 2.45) is 0 Å². The lowest BCUT2D eigenvalue weighted by atomic mass is 9.55. The quantitative estimate of drug-likeness (QED) is 0.183. The van der Waals surface area contributed by atoms with Gasteiger partial charge in [0.15, 0.2) is 7.28 Å². The first-order valence-corrected chi connectivity index (χ1v) is 20.0. The summed E-state index contributed by atoms with van der Waals surface area (Å²) in [6.07, 6.45) is 2.34. The third-order valence-electron chi connectivity index (χ3n) is 13.1. The van der Waals surface area contributed by atoms with Crippen LogP contribution in [0.3, 0.4) is 0 Å². The van der Waals surface area contributed by atoms with Crippen LogP contribution >= 0.6 is 0 Å². The Kier molecular flexibility index (Phi) is 7.40. The Labute approximate surface area is 327 Å². The topological polar surface area (TPSA) is 15.3 Å². The van der Waals surface area contributed by atoms with Crippen LogP contribution in [0.25, 0.3) is 33.0 Å². The average molecular weight is 712 g/mol. The molecule has 0 amide bonds. The number of para-hydroxylation sites is 1. The molecule has 1 aliphatic carbocycles. The molecule has 3 heteroatoms. The molecule has 0 aromatic heterocycles. The zero-order chi connectivity index (χ0) is 37.9. The summed E-state index contributed by atoms with van der Waals surface area (Å²) >= 11 is 0. The maximum atomic E-state index is 3.97. The zero-order valence-corrected chi connectivity index (χ0v) is 33.1. The molecular formula is C52H48BN2. The van der Waals surface area contributed by atoms with Crippen molar-refractivity contribution >= 4 is 57.4 Å². The Bertz CT molecular complexity index is 2680. The fraction of sp³-hybridized carbons (Fsp3) is 0.231. The highest BCUT2D eigenvalue weighted by Crippen LogP contribution is 2.54. The minimum Gasteiger partial charge on any atom is -0.355 e. The summed E-state index contributed by atoms with van der Waals surface area (Å²) in [5.41, 5.74) is 20.5. The first-order chi connectivity index (χ1) is 26.4. The lowest BCUT2D eigenvalue weighted by molar-refractivity contribution is 0.332. The van der Waals surface area contributed by atoms with Crippen molar-refractivity contribution in [1.29, 1.82) is 0 Å². The highest BCUT2D eigenvalue weighted by molar-refractivity contribution is 6.73. The van der Waals surface area contributed by atoms with Crippen molar-refractivity contribution in [3.8, 4) is 22.3 Å². The molecule has 0 bridgehead atoms. The predicted molar refractivity (Wildman–Crippen MR) is 236 cm³/mol. The molecule has 55 heavy (non-hydrogen) atoms. The standard InChI is InChI=1S/C52H48BN2/c1-32-26-39(48-47(27-32)55-46-29-36-17-12-11-16-35(36)28-43(46)52(6,7)40-18-13-19-44(53-48)49(40)55)38-30-41-42(51(4,5)25-24-50(41,2)3)31-45(38)54-37-22-20-34(21-23-37)33-14-9-8-10-15-33/h8-23,26-31,54H,24-25H2,1-7H3. The summed E-state index contributed by atoms with van der Waals surface area (Å²) in [5.74, 6) is 0. The third-order valence-corrected chi connectivity index (χ3v) is 13.1. The van der Waals surface area contributed by atoms with Gasteiger partial charge in [-0.25, -0.2) is 0 Å². The predicted octanol–water partition coefficient (Wildman–Crippen LogP) is 12.7. The van der Waals surface area contributed by atoms with Gasteiger partial charge >= 0.3 is 0 Å². The number of nitrogens with one attached hydrogen (secondary N) is 1. The van der Waals surface area contributed by atoms with Crippen LogP contribution in [-0.4, -0.2) is 7.28 Å². The molecule has 0 atom stereocenters. The Morgan fingerprint density at radius 2 is 1.20 bits per heavy atom. The smallest absolute Gasteiger partial charge is 0.197 e. The fourth-order valence-electron chi connectivity index (χ4n) is 9.83. The number of benzene rings is 7. The lowest BCUT2D eigenvalue weighted by Gasteiger charge is -2.46. The summed E-state index contributed by atoms with van der Waals surface area (Å²) in [4.78, 5) is 2.59. The molecule has 0 saturated heterocycles. The molecule has 10 rings (SSSR count). The maximum absolute atomic E-state index is 3.97. The molecule has 7 aromatic rings. The zero-order valence-electron chi connectivity index (χ0n) is 33.1. The van der Waals surface area contributed by atoms with Gasteiger partial charge in [0.25, 0.3) is 0 Å². The van der Waals surface area contributed by atoms with Crippen LogP contribution in [0.4, 0.5) is 28.4 Å². The van der Waals surface area contributed by atoms with Gasteiger partial charge in [0.1, 0.15) is 0 Å². The molecule has 269 valence electrons. The van der Waals surface area contributed by atoms with Gasteiger partial charge in [0, 0.05) is 33.7 Å². The molecule has 2 heterocycles. The maximum Gasteiger partial charge on any atom is 0.197 e. The van der Waals surface area contributed by atoms with E-state index in [0.717, 1.165) is 11.4 Å². The molecule has 0 saturated carbocycles. The van der Waals surface area contributed by atoms with Crippen LogP contribution in [0.2, 0.25) is 0 Å². The average Bonchev–Trinajstić information content (AvgIpc) is 3.18. The number of aryl methyl sites for hydroxylation is 1. The van der Waals surface area contributed by atoms with Gasteiger partial charge < -0.3 is 10.2 Å². The molecule has 1 radical (unpaired) electrons. The number of nitrogens with zero attached hydrogens (tertiary/aromatic N) is 1. The van der Waals surface area contributed by atoms with E-state index >= 15 is 0 Å². The minimum absolute atomic E-state index is 0.0724. The normalized spacial score (nSPS) is 16.7. The Balaban J connectivity index is 1.20. The molecule has 0 spiro atoms. The number of hydrogen-bond donors (Lipinski definition) is 1. The van der Waals surface area contributed by atoms with Crippen LogP contribution in [0.5, 0.6) is 0 Å². The number of anilines is 5. The summed E-state index contributed by atoms with van der Waals surface area (Å²) in [5, 5.41) is 6.53. The van der Waals surface area contributed by atoms with E-state index in [1.54, 1.807) is 0 Å². The van der Waals surface area contributed by atoms with Crippen molar-refractivity contribution in [1.82, 2.24) is 0 Å². The SMILES string of the molecule is Cc1cc(-c2cc3c(cc2Nc2ccc(-c4ccccc4)cc2)C(C)(C)CCC3(C)C)c2c(c1)N1c3cc4ccccc4cc3C(C)(C)c3cccc(c31)[B]2. The van der Waals surface area contributed by atoms with Crippen molar-refractivity contribution in [3.63, 3.8) is 0 Å². The first-order valence-electron chi connectivity index (χ1n) is 20.0. The first kappa shape index (κ1) is 34.0. The van der Waals surface area contributed by atoms with Gasteiger partial charge in [-0.2, -0.15) is 0 Å². The Morgan fingerprint density at radius 1 is 0.545 bits per heavy atom. The molecule has 0 fully saturated rings. The monoisotopic (exact) mass is 711 g/mol. The van der Waals surface area contributed by atoms with Gasteiger partial charge in [-0.15, -0.1) is 0 Å². The van der Waals surface area contributed by atoms with Crippen LogP contribution in [0.1, 0.15) is 82.2 Å². The fourth-order valence-corrected chi connectivity index (χ4v) is 9.83. The van der Waals surface area contributed by atoms with Gasteiger partial charge in [-0.3, -0.25) is 0 Å². The van der Waals surface area contributed by atoms with Crippen molar-refractivity contribution < 1.29 is 0 Å². The highest BCUT2D eigenvalue weighted by atomic mass is 15.2. The second-order valence-electron chi connectivity index (χ2n) is 18.1. The van der Waals surface area contributed by atoms with Gasteiger partial charge in [-0.1, -0.05) is 138 Å². The molecule has 2 nitrogen and oxygen atoms in total. The second-order valence-corrected chi connectivity index (χ2v) is 18.1. The van der Waals surface area contributed by atoms with E-state index in [4.69, 9.17) is 0 Å². The Morgan fingerprint density at radius 3 is 1.93 bits per heavy atom. The van der Waals surface area contributed by atoms with Crippen LogP contribution in [0, 0.1) is 6.92 Å². The van der Waals surface area contributed by atoms with E-state index in [9.17, 15) is 0 Å². The summed E-state index contributed by atoms with van der Waals surface area (Å²) < 4.78 is 0. The van der Waals surface area contributed by atoms with E-state index in [1.807, 2.05) is 0 Å². The number of hydrogen-bond acceptors (Lipinski definition) is 2. The largest absolute Gasteiger partial charge is 0.355 e. The van der Waals surface area contributed by atoms with Crippen molar-refractivity contribution in [2.45, 2.75) is 77.6 Å². The Hall–Kier alpha value is -5.54. The molecule has 2 aliphatic heterocycles. The molecule has 1 N–H and O–H groups in total. The van der Waals surface area contributed by atoms with E-state index in [0.29, 0.717) is 0 Å². The molecule has 0 unspecified atom stereocenters. The second kappa shape index (κ2) is 12.0. The van der Waals surface area contributed by atoms with E-state index in [-0.39, 0.29) is 16.2 Å².